The number of aromatic nitrogens is 1. The van der Waals surface area contributed by atoms with Gasteiger partial charge >= 0.3 is 5.97 Å². The summed E-state index contributed by atoms with van der Waals surface area (Å²) in [6.07, 6.45) is 0. The summed E-state index contributed by atoms with van der Waals surface area (Å²) in [4.78, 5) is 11.9. The number of hydrogen-bond donors (Lipinski definition) is 2. The van der Waals surface area contributed by atoms with Gasteiger partial charge in [-0.1, -0.05) is 30.3 Å². The van der Waals surface area contributed by atoms with Crippen LogP contribution in [0.2, 0.25) is 0 Å². The van der Waals surface area contributed by atoms with Crippen molar-refractivity contribution < 1.29 is 14.6 Å². The summed E-state index contributed by atoms with van der Waals surface area (Å²) >= 11 is 0. The van der Waals surface area contributed by atoms with Gasteiger partial charge in [-0.05, 0) is 24.6 Å². The van der Waals surface area contributed by atoms with Crippen LogP contribution in [0.4, 0.5) is 0 Å². The lowest BCUT2D eigenvalue weighted by molar-refractivity contribution is 0.0684. The molecule has 0 bridgehead atoms. The monoisotopic (exact) mass is 338 g/mol. The van der Waals surface area contributed by atoms with Crippen molar-refractivity contribution >= 4 is 16.9 Å². The molecule has 1 aromatic heterocycles. The van der Waals surface area contributed by atoms with Crippen LogP contribution < -0.4 is 10.1 Å². The highest BCUT2D eigenvalue weighted by atomic mass is 16.5. The highest BCUT2D eigenvalue weighted by molar-refractivity contribution is 5.98. The van der Waals surface area contributed by atoms with Gasteiger partial charge in [0.2, 0.25) is 0 Å². The number of carboxylic acids is 1. The number of methoxy groups -OCH3 is 1. The average Bonchev–Trinajstić information content (AvgIpc) is 2.95. The molecule has 0 radical (unpaired) electrons. The molecule has 0 saturated carbocycles. The molecule has 0 unspecified atom stereocenters. The van der Waals surface area contributed by atoms with E-state index in [0.29, 0.717) is 25.3 Å². The van der Waals surface area contributed by atoms with Gasteiger partial charge in [-0.25, -0.2) is 4.79 Å². The molecule has 3 rings (SSSR count). The zero-order valence-electron chi connectivity index (χ0n) is 14.5. The minimum Gasteiger partial charge on any atom is -0.497 e. The summed E-state index contributed by atoms with van der Waals surface area (Å²) in [6, 6.07) is 15.8. The van der Waals surface area contributed by atoms with Crippen molar-refractivity contribution in [1.29, 1.82) is 0 Å². The van der Waals surface area contributed by atoms with Crippen molar-refractivity contribution in [2.75, 3.05) is 7.11 Å². The topological polar surface area (TPSA) is 63.5 Å². The fraction of sp³-hybridized carbons (Fsp3) is 0.250. The summed E-state index contributed by atoms with van der Waals surface area (Å²) in [7, 11) is 1.61. The molecule has 0 amide bonds. The van der Waals surface area contributed by atoms with Gasteiger partial charge < -0.3 is 19.7 Å². The molecular weight excluding hydrogens is 316 g/mol. The second-order valence-corrected chi connectivity index (χ2v) is 5.85. The third kappa shape index (κ3) is 3.37. The van der Waals surface area contributed by atoms with Crippen molar-refractivity contribution in [1.82, 2.24) is 9.88 Å². The van der Waals surface area contributed by atoms with E-state index in [2.05, 4.69) is 5.32 Å². The van der Waals surface area contributed by atoms with Crippen LogP contribution in [-0.2, 0) is 19.6 Å². The number of benzene rings is 2. The van der Waals surface area contributed by atoms with Crippen LogP contribution in [-0.4, -0.2) is 22.8 Å². The van der Waals surface area contributed by atoms with Gasteiger partial charge in [0.25, 0.3) is 0 Å². The average molecular weight is 338 g/mol. The number of carbonyl (C=O) groups is 1. The molecule has 0 aliphatic rings. The fourth-order valence-corrected chi connectivity index (χ4v) is 3.21. The fourth-order valence-electron chi connectivity index (χ4n) is 3.21. The van der Waals surface area contributed by atoms with Gasteiger partial charge in [0.05, 0.1) is 12.6 Å². The standard InChI is InChI=1S/C20H22N2O3/c1-3-22-18-11-15(25-2)9-10-16(18)17(19(22)20(23)24)13-21-12-14-7-5-4-6-8-14/h4-11,21H,3,12-13H2,1-2H3,(H,23,24). The van der Waals surface area contributed by atoms with Gasteiger partial charge in [0.15, 0.2) is 0 Å². The van der Waals surface area contributed by atoms with E-state index >= 15 is 0 Å². The first-order chi connectivity index (χ1) is 12.2. The summed E-state index contributed by atoms with van der Waals surface area (Å²) in [6.45, 7) is 3.72. The van der Waals surface area contributed by atoms with Crippen molar-refractivity contribution in [3.8, 4) is 5.75 Å². The molecule has 5 heteroatoms. The normalized spacial score (nSPS) is 11.0. The van der Waals surface area contributed by atoms with Crippen molar-refractivity contribution in [2.45, 2.75) is 26.6 Å². The molecule has 25 heavy (non-hydrogen) atoms. The summed E-state index contributed by atoms with van der Waals surface area (Å²) in [5.41, 5.74) is 3.20. The molecule has 130 valence electrons. The molecule has 0 spiro atoms. The third-order valence-electron chi connectivity index (χ3n) is 4.37. The molecule has 0 atom stereocenters. The summed E-state index contributed by atoms with van der Waals surface area (Å²) in [5, 5.41) is 14.1. The van der Waals surface area contributed by atoms with Crippen LogP contribution in [0.25, 0.3) is 10.9 Å². The van der Waals surface area contributed by atoms with E-state index in [-0.39, 0.29) is 0 Å². The number of nitrogens with zero attached hydrogens (tertiary/aromatic N) is 1. The van der Waals surface area contributed by atoms with Crippen molar-refractivity contribution in [3.63, 3.8) is 0 Å². The Morgan fingerprint density at radius 3 is 2.56 bits per heavy atom. The van der Waals surface area contributed by atoms with E-state index in [1.165, 1.54) is 5.56 Å². The van der Waals surface area contributed by atoms with Crippen molar-refractivity contribution in [3.05, 3.63) is 65.4 Å². The van der Waals surface area contributed by atoms with Gasteiger partial charge in [-0.3, -0.25) is 0 Å². The number of hydrogen-bond acceptors (Lipinski definition) is 3. The Morgan fingerprint density at radius 1 is 1.16 bits per heavy atom. The van der Waals surface area contributed by atoms with Crippen LogP contribution in [0.15, 0.2) is 48.5 Å². The molecule has 3 aromatic rings. The number of rotatable bonds is 7. The second-order valence-electron chi connectivity index (χ2n) is 5.85. The van der Waals surface area contributed by atoms with E-state index in [9.17, 15) is 9.90 Å². The Hall–Kier alpha value is -2.79. The number of aryl methyl sites for hydroxylation is 1. The second kappa shape index (κ2) is 7.40. The molecule has 0 aliphatic heterocycles. The first-order valence-corrected chi connectivity index (χ1v) is 8.32. The van der Waals surface area contributed by atoms with Gasteiger partial charge in [0.1, 0.15) is 11.4 Å². The lowest BCUT2D eigenvalue weighted by Crippen LogP contribution is -2.16. The number of carboxylic acid groups (broad SMARTS) is 1. The molecular formula is C20H22N2O3. The van der Waals surface area contributed by atoms with Gasteiger partial charge in [-0.2, -0.15) is 0 Å². The Bertz CT molecular complexity index is 885. The maximum absolute atomic E-state index is 11.9. The van der Waals surface area contributed by atoms with E-state index in [1.54, 1.807) is 7.11 Å². The smallest absolute Gasteiger partial charge is 0.352 e. The third-order valence-corrected chi connectivity index (χ3v) is 4.37. The highest BCUT2D eigenvalue weighted by Crippen LogP contribution is 2.29. The number of ether oxygens (including phenoxy) is 1. The predicted molar refractivity (Wildman–Crippen MR) is 98.1 cm³/mol. The van der Waals surface area contributed by atoms with E-state index in [4.69, 9.17) is 4.74 Å². The van der Waals surface area contributed by atoms with Gasteiger partial charge in [-0.15, -0.1) is 0 Å². The predicted octanol–water partition coefficient (Wildman–Crippen LogP) is 3.66. The molecule has 0 fully saturated rings. The Labute approximate surface area is 146 Å². The highest BCUT2D eigenvalue weighted by Gasteiger charge is 2.21. The lowest BCUT2D eigenvalue weighted by atomic mass is 10.1. The molecule has 0 aliphatic carbocycles. The minimum absolute atomic E-state index is 0.339. The Morgan fingerprint density at radius 2 is 1.92 bits per heavy atom. The zero-order chi connectivity index (χ0) is 17.8. The van der Waals surface area contributed by atoms with E-state index in [0.717, 1.165) is 22.2 Å². The largest absolute Gasteiger partial charge is 0.497 e. The van der Waals surface area contributed by atoms with Crippen LogP contribution in [0, 0.1) is 0 Å². The van der Waals surface area contributed by atoms with Crippen LogP contribution in [0.1, 0.15) is 28.5 Å². The number of aromatic carboxylic acids is 1. The lowest BCUT2D eigenvalue weighted by Gasteiger charge is -2.07. The first kappa shape index (κ1) is 17.0. The van der Waals surface area contributed by atoms with Crippen LogP contribution in [0.5, 0.6) is 5.75 Å². The summed E-state index contributed by atoms with van der Waals surface area (Å²) < 4.78 is 7.13. The quantitative estimate of drug-likeness (QED) is 0.690. The van der Waals surface area contributed by atoms with Crippen LogP contribution in [0.3, 0.4) is 0 Å². The Balaban J connectivity index is 1.97. The molecule has 5 nitrogen and oxygen atoms in total. The molecule has 0 saturated heterocycles. The SMILES string of the molecule is CCn1c(C(=O)O)c(CNCc2ccccc2)c2ccc(OC)cc21. The van der Waals surface area contributed by atoms with Gasteiger partial charge in [0, 0.05) is 36.7 Å². The molecule has 2 aromatic carbocycles. The van der Waals surface area contributed by atoms with E-state index < -0.39 is 5.97 Å². The molecule has 1 heterocycles. The minimum atomic E-state index is -0.909. The number of fused-ring (bicyclic) bond motifs is 1. The zero-order valence-corrected chi connectivity index (χ0v) is 14.5. The number of nitrogens with one attached hydrogen (secondary N) is 1. The first-order valence-electron chi connectivity index (χ1n) is 8.32. The van der Waals surface area contributed by atoms with E-state index in [1.807, 2.05) is 60.0 Å². The van der Waals surface area contributed by atoms with Crippen LogP contribution >= 0.6 is 0 Å². The Kier molecular flexibility index (Phi) is 5.05. The molecule has 2 N–H and O–H groups in total. The van der Waals surface area contributed by atoms with Crippen molar-refractivity contribution in [2.24, 2.45) is 0 Å². The maximum atomic E-state index is 11.9. The maximum Gasteiger partial charge on any atom is 0.352 e. The summed E-state index contributed by atoms with van der Waals surface area (Å²) in [5.74, 6) is -0.186.